The summed E-state index contributed by atoms with van der Waals surface area (Å²) in [4.78, 5) is 2.76. The molecule has 2 aromatic rings. The zero-order valence-electron chi connectivity index (χ0n) is 8.75. The minimum absolute atomic E-state index is 0.0684. The van der Waals surface area contributed by atoms with Gasteiger partial charge >= 0.3 is 0 Å². The number of hydrogen-bond acceptors (Lipinski definition) is 3. The molecule has 0 radical (unpaired) electrons. The van der Waals surface area contributed by atoms with Crippen LogP contribution in [0.4, 0.5) is 5.69 Å². The van der Waals surface area contributed by atoms with Crippen molar-refractivity contribution in [1.29, 1.82) is 0 Å². The molecule has 0 saturated heterocycles. The maximum atomic E-state index is 12.0. The van der Waals surface area contributed by atoms with Crippen molar-refractivity contribution in [2.75, 3.05) is 4.72 Å². The van der Waals surface area contributed by atoms with E-state index >= 15 is 0 Å². The fourth-order valence-electron chi connectivity index (χ4n) is 1.33. The largest absolute Gasteiger partial charge is 0.352 e. The van der Waals surface area contributed by atoms with Crippen molar-refractivity contribution in [2.45, 2.75) is 4.90 Å². The first-order valence-electron chi connectivity index (χ1n) is 4.85. The van der Waals surface area contributed by atoms with Gasteiger partial charge in [0.1, 0.15) is 9.54 Å². The van der Waals surface area contributed by atoms with Gasteiger partial charge in [0, 0.05) is 11.9 Å². The minimum Gasteiger partial charge on any atom is -0.352 e. The van der Waals surface area contributed by atoms with Gasteiger partial charge in [0.05, 0.1) is 0 Å². The number of para-hydroxylation sites is 1. The van der Waals surface area contributed by atoms with Crippen molar-refractivity contribution < 1.29 is 8.42 Å². The summed E-state index contributed by atoms with van der Waals surface area (Å²) in [7, 11) is -3.63. The van der Waals surface area contributed by atoms with Crippen LogP contribution in [0.25, 0.3) is 0 Å². The number of sulfonamides is 1. The van der Waals surface area contributed by atoms with Gasteiger partial charge < -0.3 is 4.98 Å². The number of anilines is 1. The standard InChI is InChI=1S/C11H10N2O2S2/c14-17(15,10-7-4-8-12-11(10)16)13-9-5-2-1-3-6-9/h1-8,13H,(H,12,16). The number of hydrogen-bond donors (Lipinski definition) is 2. The molecule has 1 heterocycles. The van der Waals surface area contributed by atoms with Crippen molar-refractivity contribution in [3.63, 3.8) is 0 Å². The molecule has 0 bridgehead atoms. The Kier molecular flexibility index (Phi) is 3.26. The molecule has 0 aliphatic carbocycles. The highest BCUT2D eigenvalue weighted by Crippen LogP contribution is 2.15. The van der Waals surface area contributed by atoms with Gasteiger partial charge in [-0.15, -0.1) is 0 Å². The Morgan fingerprint density at radius 2 is 1.76 bits per heavy atom. The summed E-state index contributed by atoms with van der Waals surface area (Å²) in [6.07, 6.45) is 1.59. The van der Waals surface area contributed by atoms with Crippen molar-refractivity contribution in [3.8, 4) is 0 Å². The lowest BCUT2D eigenvalue weighted by Crippen LogP contribution is -2.13. The smallest absolute Gasteiger partial charge is 0.264 e. The molecule has 0 unspecified atom stereocenters. The molecule has 0 atom stereocenters. The van der Waals surface area contributed by atoms with Crippen molar-refractivity contribution >= 4 is 27.9 Å². The van der Waals surface area contributed by atoms with Crippen LogP contribution in [0.2, 0.25) is 0 Å². The fourth-order valence-corrected chi connectivity index (χ4v) is 2.92. The topological polar surface area (TPSA) is 62.0 Å². The summed E-state index contributed by atoms with van der Waals surface area (Å²) in [5.74, 6) is 0. The van der Waals surface area contributed by atoms with Gasteiger partial charge in [-0.3, -0.25) is 4.72 Å². The molecule has 0 spiro atoms. The Bertz CT molecular complexity index is 663. The molecule has 88 valence electrons. The summed E-state index contributed by atoms with van der Waals surface area (Å²) in [5.41, 5.74) is 0.505. The minimum atomic E-state index is -3.63. The monoisotopic (exact) mass is 266 g/mol. The van der Waals surface area contributed by atoms with Crippen molar-refractivity contribution in [1.82, 2.24) is 4.98 Å². The molecule has 0 aliphatic heterocycles. The van der Waals surface area contributed by atoms with Gasteiger partial charge in [0.15, 0.2) is 0 Å². The lowest BCUT2D eigenvalue weighted by atomic mass is 10.3. The van der Waals surface area contributed by atoms with Crippen LogP contribution in [0.1, 0.15) is 0 Å². The number of H-pyrrole nitrogens is 1. The van der Waals surface area contributed by atoms with Crippen LogP contribution in [-0.2, 0) is 10.0 Å². The van der Waals surface area contributed by atoms with E-state index in [2.05, 4.69) is 9.71 Å². The Balaban J connectivity index is 2.39. The molecular weight excluding hydrogens is 256 g/mol. The molecule has 0 saturated carbocycles. The third kappa shape index (κ3) is 2.72. The summed E-state index contributed by atoms with van der Waals surface area (Å²) >= 11 is 4.94. The Morgan fingerprint density at radius 3 is 2.41 bits per heavy atom. The summed E-state index contributed by atoms with van der Waals surface area (Å²) < 4.78 is 26.7. The number of benzene rings is 1. The second kappa shape index (κ2) is 4.68. The lowest BCUT2D eigenvalue weighted by molar-refractivity contribution is 0.600. The van der Waals surface area contributed by atoms with E-state index in [1.165, 1.54) is 6.07 Å². The zero-order chi connectivity index (χ0) is 12.3. The highest BCUT2D eigenvalue weighted by molar-refractivity contribution is 7.93. The average molecular weight is 266 g/mol. The van der Waals surface area contributed by atoms with Crippen LogP contribution in [0.3, 0.4) is 0 Å². The van der Waals surface area contributed by atoms with Gasteiger partial charge in [-0.1, -0.05) is 30.4 Å². The Labute approximate surface area is 104 Å². The van der Waals surface area contributed by atoms with Gasteiger partial charge in [0.25, 0.3) is 10.0 Å². The molecule has 2 rings (SSSR count). The molecule has 2 N–H and O–H groups in total. The third-order valence-electron chi connectivity index (χ3n) is 2.10. The average Bonchev–Trinajstić information content (AvgIpc) is 2.30. The molecule has 1 aromatic carbocycles. The number of pyridine rings is 1. The van der Waals surface area contributed by atoms with Gasteiger partial charge in [0.2, 0.25) is 0 Å². The summed E-state index contributed by atoms with van der Waals surface area (Å²) in [6.45, 7) is 0. The van der Waals surface area contributed by atoms with E-state index in [9.17, 15) is 8.42 Å². The molecule has 4 nitrogen and oxygen atoms in total. The first-order valence-corrected chi connectivity index (χ1v) is 6.74. The molecule has 0 amide bonds. The first kappa shape index (κ1) is 11.8. The maximum absolute atomic E-state index is 12.0. The zero-order valence-corrected chi connectivity index (χ0v) is 10.4. The molecule has 0 aliphatic rings. The molecule has 17 heavy (non-hydrogen) atoms. The van der Waals surface area contributed by atoms with E-state index in [0.29, 0.717) is 5.69 Å². The van der Waals surface area contributed by atoms with Crippen LogP contribution in [0, 0.1) is 4.64 Å². The summed E-state index contributed by atoms with van der Waals surface area (Å²) in [6, 6.07) is 11.7. The van der Waals surface area contributed by atoms with Crippen molar-refractivity contribution in [2.24, 2.45) is 0 Å². The first-order chi connectivity index (χ1) is 8.09. The van der Waals surface area contributed by atoms with Gasteiger partial charge in [-0.25, -0.2) is 8.42 Å². The molecule has 1 aromatic heterocycles. The van der Waals surface area contributed by atoms with Crippen LogP contribution in [-0.4, -0.2) is 13.4 Å². The number of nitrogens with one attached hydrogen (secondary N) is 2. The lowest BCUT2D eigenvalue weighted by Gasteiger charge is -2.07. The summed E-state index contributed by atoms with van der Waals surface area (Å²) in [5, 5.41) is 0. The predicted molar refractivity (Wildman–Crippen MR) is 68.9 cm³/mol. The second-order valence-corrected chi connectivity index (χ2v) is 5.39. The molecule has 0 fully saturated rings. The third-order valence-corrected chi connectivity index (χ3v) is 3.99. The van der Waals surface area contributed by atoms with Gasteiger partial charge in [-0.05, 0) is 24.3 Å². The SMILES string of the molecule is O=S(=O)(Nc1ccccc1)c1ccc[nH]c1=S. The normalized spacial score (nSPS) is 11.1. The van der Waals surface area contributed by atoms with Gasteiger partial charge in [-0.2, -0.15) is 0 Å². The van der Waals surface area contributed by atoms with E-state index in [-0.39, 0.29) is 9.54 Å². The predicted octanol–water partition coefficient (Wildman–Crippen LogP) is 2.54. The van der Waals surface area contributed by atoms with Crippen LogP contribution >= 0.6 is 12.2 Å². The van der Waals surface area contributed by atoms with Crippen LogP contribution in [0.5, 0.6) is 0 Å². The fraction of sp³-hybridized carbons (Fsp3) is 0. The van der Waals surface area contributed by atoms with E-state index in [0.717, 1.165) is 0 Å². The number of aromatic nitrogens is 1. The Hall–Kier alpha value is -1.66. The van der Waals surface area contributed by atoms with E-state index in [4.69, 9.17) is 12.2 Å². The Morgan fingerprint density at radius 1 is 1.06 bits per heavy atom. The van der Waals surface area contributed by atoms with Crippen molar-refractivity contribution in [3.05, 3.63) is 53.3 Å². The highest BCUT2D eigenvalue weighted by atomic mass is 32.2. The highest BCUT2D eigenvalue weighted by Gasteiger charge is 2.15. The number of aromatic amines is 1. The number of rotatable bonds is 3. The van der Waals surface area contributed by atoms with E-state index in [1.54, 1.807) is 36.5 Å². The quantitative estimate of drug-likeness (QED) is 0.839. The van der Waals surface area contributed by atoms with Crippen LogP contribution in [0.15, 0.2) is 53.6 Å². The van der Waals surface area contributed by atoms with E-state index in [1.807, 2.05) is 6.07 Å². The second-order valence-electron chi connectivity index (χ2n) is 3.34. The molecular formula is C11H10N2O2S2. The molecule has 6 heteroatoms. The van der Waals surface area contributed by atoms with E-state index < -0.39 is 10.0 Å². The van der Waals surface area contributed by atoms with Crippen LogP contribution < -0.4 is 4.72 Å². The maximum Gasteiger partial charge on any atom is 0.264 e.